The van der Waals surface area contributed by atoms with E-state index in [0.29, 0.717) is 59.9 Å². The van der Waals surface area contributed by atoms with E-state index in [-0.39, 0.29) is 25.9 Å². The molecule has 0 saturated heterocycles. The zero-order valence-corrected chi connectivity index (χ0v) is 18.5. The van der Waals surface area contributed by atoms with Crippen molar-refractivity contribution in [1.82, 2.24) is 5.32 Å². The Morgan fingerprint density at radius 2 is 1.59 bits per heavy atom. The summed E-state index contributed by atoms with van der Waals surface area (Å²) in [4.78, 5) is 12.6. The first-order valence-corrected chi connectivity index (χ1v) is 10.5. The third-order valence-electron chi connectivity index (χ3n) is 4.29. The van der Waals surface area contributed by atoms with Crippen molar-refractivity contribution >= 4 is 5.91 Å². The number of hydrogen-bond donors (Lipinski definition) is 1. The number of rotatable bonds is 10. The molecule has 1 aliphatic rings. The summed E-state index contributed by atoms with van der Waals surface area (Å²) in [5.41, 5.74) is 0.402. The maximum Gasteiger partial charge on any atom is 0.252 e. The zero-order chi connectivity index (χ0) is 22.8. The van der Waals surface area contributed by atoms with Crippen LogP contribution in [-0.4, -0.2) is 45.7 Å². The number of hydrogen-bond acceptors (Lipinski definition) is 7. The molecule has 0 radical (unpaired) electrons. The molecule has 1 aliphatic heterocycles. The Labute approximate surface area is 187 Å². The van der Waals surface area contributed by atoms with E-state index in [4.69, 9.17) is 28.4 Å². The predicted molar refractivity (Wildman–Crippen MR) is 118 cm³/mol. The minimum Gasteiger partial charge on any atom is -0.490 e. The molecule has 2 aromatic carbocycles. The van der Waals surface area contributed by atoms with Gasteiger partial charge in [-0.3, -0.25) is 4.79 Å². The van der Waals surface area contributed by atoms with Crippen molar-refractivity contribution in [2.75, 3.05) is 39.8 Å². The van der Waals surface area contributed by atoms with Gasteiger partial charge in [0.25, 0.3) is 5.91 Å². The summed E-state index contributed by atoms with van der Waals surface area (Å²) in [6.45, 7) is 7.50. The van der Waals surface area contributed by atoms with Gasteiger partial charge < -0.3 is 33.7 Å². The van der Waals surface area contributed by atoms with Gasteiger partial charge in [0.1, 0.15) is 12.4 Å². The van der Waals surface area contributed by atoms with E-state index in [9.17, 15) is 4.79 Å². The van der Waals surface area contributed by atoms with Gasteiger partial charge in [-0.2, -0.15) is 0 Å². The fourth-order valence-corrected chi connectivity index (χ4v) is 2.95. The average molecular weight is 441 g/mol. The lowest BCUT2D eigenvalue weighted by atomic mass is 10.1. The highest BCUT2D eigenvalue weighted by Crippen LogP contribution is 2.39. The first-order chi connectivity index (χ1) is 15.7. The fourth-order valence-electron chi connectivity index (χ4n) is 2.95. The number of nitrogens with one attached hydrogen (secondary N) is 1. The molecule has 8 heteroatoms. The normalized spacial score (nSPS) is 11.2. The molecule has 1 heterocycles. The lowest BCUT2D eigenvalue weighted by Gasteiger charge is -2.16. The van der Waals surface area contributed by atoms with Crippen molar-refractivity contribution in [3.8, 4) is 46.3 Å². The maximum absolute atomic E-state index is 12.6. The van der Waals surface area contributed by atoms with Crippen LogP contribution in [0.3, 0.4) is 0 Å². The van der Waals surface area contributed by atoms with Crippen LogP contribution in [0, 0.1) is 11.8 Å². The number of fused-ring (bicyclic) bond motifs is 1. The molecule has 1 N–H and O–H groups in total. The lowest BCUT2D eigenvalue weighted by molar-refractivity contribution is 0.0957. The maximum atomic E-state index is 12.6. The van der Waals surface area contributed by atoms with Crippen molar-refractivity contribution in [2.45, 2.75) is 20.8 Å². The Bertz CT molecular complexity index is 967. The molecule has 0 spiro atoms. The summed E-state index contributed by atoms with van der Waals surface area (Å²) in [7, 11) is 0. The van der Waals surface area contributed by atoms with Crippen LogP contribution in [0.4, 0.5) is 0 Å². The molecular weight excluding hydrogens is 414 g/mol. The Hall–Kier alpha value is -3.73. The summed E-state index contributed by atoms with van der Waals surface area (Å²) in [5, 5.41) is 2.77. The predicted octanol–water partition coefficient (Wildman–Crippen LogP) is 3.42. The van der Waals surface area contributed by atoms with E-state index < -0.39 is 0 Å². The third-order valence-corrected chi connectivity index (χ3v) is 4.29. The van der Waals surface area contributed by atoms with Crippen LogP contribution >= 0.6 is 0 Å². The standard InChI is InChI=1S/C24H27NO7/c1-4-27-21-13-17(14-22(28-5-2)23(21)29-6-3)24(26)25-11-7-8-12-30-18-9-10-19-20(15-18)32-16-31-19/h9-10,13-15H,4-6,11-12,16H2,1-3H3,(H,25,26). The Balaban J connectivity index is 1.56. The molecule has 2 aromatic rings. The fraction of sp³-hybridized carbons (Fsp3) is 0.375. The minimum atomic E-state index is -0.291. The third kappa shape index (κ3) is 5.91. The van der Waals surface area contributed by atoms with Crippen LogP contribution in [-0.2, 0) is 0 Å². The van der Waals surface area contributed by atoms with Gasteiger partial charge in [-0.25, -0.2) is 0 Å². The highest BCUT2D eigenvalue weighted by Gasteiger charge is 2.18. The monoisotopic (exact) mass is 441 g/mol. The summed E-state index contributed by atoms with van der Waals surface area (Å²) in [6.07, 6.45) is 0. The molecule has 0 fully saturated rings. The van der Waals surface area contributed by atoms with Gasteiger partial charge >= 0.3 is 0 Å². The smallest absolute Gasteiger partial charge is 0.252 e. The van der Waals surface area contributed by atoms with Crippen LogP contribution in [0.25, 0.3) is 0 Å². The number of carbonyl (C=O) groups is 1. The second-order valence-electron chi connectivity index (χ2n) is 6.44. The van der Waals surface area contributed by atoms with Gasteiger partial charge in [-0.05, 0) is 45.0 Å². The molecule has 32 heavy (non-hydrogen) atoms. The average Bonchev–Trinajstić information content (AvgIpc) is 3.26. The lowest BCUT2D eigenvalue weighted by Crippen LogP contribution is -2.24. The molecule has 3 rings (SSSR count). The topological polar surface area (TPSA) is 84.5 Å². The van der Waals surface area contributed by atoms with Gasteiger partial charge in [0.2, 0.25) is 12.5 Å². The molecular formula is C24H27NO7. The summed E-state index contributed by atoms with van der Waals surface area (Å²) >= 11 is 0. The van der Waals surface area contributed by atoms with Gasteiger partial charge in [-0.15, -0.1) is 0 Å². The number of benzene rings is 2. The summed E-state index contributed by atoms with van der Waals surface area (Å²) < 4.78 is 33.1. The molecule has 0 saturated carbocycles. The van der Waals surface area contributed by atoms with E-state index in [2.05, 4.69) is 17.2 Å². The molecule has 0 atom stereocenters. The zero-order valence-electron chi connectivity index (χ0n) is 18.5. The van der Waals surface area contributed by atoms with E-state index in [1.54, 1.807) is 30.3 Å². The Morgan fingerprint density at radius 3 is 2.28 bits per heavy atom. The molecule has 0 bridgehead atoms. The largest absolute Gasteiger partial charge is 0.490 e. The van der Waals surface area contributed by atoms with Crippen LogP contribution in [0.5, 0.6) is 34.5 Å². The molecule has 8 nitrogen and oxygen atoms in total. The van der Waals surface area contributed by atoms with Gasteiger partial charge in [0.15, 0.2) is 23.0 Å². The van der Waals surface area contributed by atoms with Crippen molar-refractivity contribution in [3.63, 3.8) is 0 Å². The summed E-state index contributed by atoms with van der Waals surface area (Å²) in [5.74, 6) is 8.85. The summed E-state index contributed by atoms with van der Waals surface area (Å²) in [6, 6.07) is 8.61. The first kappa shape index (κ1) is 22.9. The Kier molecular flexibility index (Phi) is 8.32. The molecule has 1 amide bonds. The number of amides is 1. The van der Waals surface area contributed by atoms with E-state index in [0.717, 1.165) is 0 Å². The SMILES string of the molecule is CCOc1cc(C(=O)NCC#CCOc2ccc3c(c2)OCO3)cc(OCC)c1OCC. The van der Waals surface area contributed by atoms with Crippen molar-refractivity contribution < 1.29 is 33.2 Å². The molecule has 0 aliphatic carbocycles. The minimum absolute atomic E-state index is 0.171. The van der Waals surface area contributed by atoms with Crippen LogP contribution in [0.15, 0.2) is 30.3 Å². The van der Waals surface area contributed by atoms with Crippen LogP contribution in [0.2, 0.25) is 0 Å². The van der Waals surface area contributed by atoms with Crippen molar-refractivity contribution in [3.05, 3.63) is 35.9 Å². The van der Waals surface area contributed by atoms with E-state index in [1.807, 2.05) is 20.8 Å². The van der Waals surface area contributed by atoms with Gasteiger partial charge in [-0.1, -0.05) is 11.8 Å². The van der Waals surface area contributed by atoms with Gasteiger partial charge in [0.05, 0.1) is 26.4 Å². The van der Waals surface area contributed by atoms with E-state index in [1.165, 1.54) is 0 Å². The number of ether oxygens (including phenoxy) is 6. The molecule has 170 valence electrons. The quantitative estimate of drug-likeness (QED) is 0.566. The second kappa shape index (κ2) is 11.6. The van der Waals surface area contributed by atoms with Gasteiger partial charge in [0, 0.05) is 11.6 Å². The molecule has 0 aromatic heterocycles. The van der Waals surface area contributed by atoms with Crippen molar-refractivity contribution in [2.24, 2.45) is 0 Å². The first-order valence-electron chi connectivity index (χ1n) is 10.5. The van der Waals surface area contributed by atoms with Crippen LogP contribution < -0.4 is 33.7 Å². The van der Waals surface area contributed by atoms with Crippen LogP contribution in [0.1, 0.15) is 31.1 Å². The van der Waals surface area contributed by atoms with Crippen molar-refractivity contribution in [1.29, 1.82) is 0 Å². The highest BCUT2D eigenvalue weighted by atomic mass is 16.7. The van der Waals surface area contributed by atoms with E-state index >= 15 is 0 Å². The highest BCUT2D eigenvalue weighted by molar-refractivity contribution is 5.95. The number of carbonyl (C=O) groups excluding carboxylic acids is 1. The molecule has 0 unspecified atom stereocenters. The second-order valence-corrected chi connectivity index (χ2v) is 6.44. The Morgan fingerprint density at radius 1 is 0.906 bits per heavy atom.